The molecular formula is C45H57ClN2O8. The first-order valence-electron chi connectivity index (χ1n) is 20.3. The summed E-state index contributed by atoms with van der Waals surface area (Å²) in [6, 6.07) is 19.6. The molecule has 1 saturated carbocycles. The third-order valence-electron chi connectivity index (χ3n) is 11.3. The number of oxime groups is 1. The van der Waals surface area contributed by atoms with Crippen molar-refractivity contribution >= 4 is 34.2 Å². The fraction of sp³-hybridized carbons (Fsp3) is 0.511. The molecule has 1 aliphatic heterocycles. The van der Waals surface area contributed by atoms with Gasteiger partial charge in [-0.15, -0.1) is 18.2 Å². The number of nitrogens with zero attached hydrogens (tertiary/aromatic N) is 2. The number of carbonyl (C=O) groups is 1. The lowest BCUT2D eigenvalue weighted by molar-refractivity contribution is -0.255. The molecule has 6 rings (SSSR count). The van der Waals surface area contributed by atoms with Gasteiger partial charge in [0.1, 0.15) is 36.5 Å². The topological polar surface area (TPSA) is 119 Å². The summed E-state index contributed by atoms with van der Waals surface area (Å²) in [4.78, 5) is 21.5. The Morgan fingerprint density at radius 1 is 1.02 bits per heavy atom. The van der Waals surface area contributed by atoms with Gasteiger partial charge in [-0.25, -0.2) is 4.79 Å². The van der Waals surface area contributed by atoms with Crippen LogP contribution in [0.2, 0.25) is 0 Å². The Morgan fingerprint density at radius 3 is 2.50 bits per heavy atom. The number of alkyl halides is 1. The van der Waals surface area contributed by atoms with Gasteiger partial charge in [0.15, 0.2) is 0 Å². The highest BCUT2D eigenvalue weighted by atomic mass is 35.5. The van der Waals surface area contributed by atoms with E-state index in [1.54, 1.807) is 11.0 Å². The van der Waals surface area contributed by atoms with Crippen LogP contribution in [0, 0.1) is 17.8 Å². The van der Waals surface area contributed by atoms with Crippen molar-refractivity contribution in [1.29, 1.82) is 0 Å². The van der Waals surface area contributed by atoms with E-state index in [1.165, 1.54) is 0 Å². The summed E-state index contributed by atoms with van der Waals surface area (Å²) in [6.07, 6.45) is 9.27. The smallest absolute Gasteiger partial charge is 0.410 e. The fourth-order valence-electron chi connectivity index (χ4n) is 9.05. The highest BCUT2D eigenvalue weighted by molar-refractivity contribution is 6.18. The number of rotatable bonds is 20. The zero-order chi connectivity index (χ0) is 39.5. The number of benzene rings is 3. The number of carbonyl (C=O) groups excluding carboxylic acids is 1. The van der Waals surface area contributed by atoms with E-state index >= 15 is 0 Å². The second-order valence-electron chi connectivity index (χ2n) is 14.8. The molecule has 6 atom stereocenters. The van der Waals surface area contributed by atoms with Crippen molar-refractivity contribution in [1.82, 2.24) is 4.90 Å². The van der Waals surface area contributed by atoms with Crippen molar-refractivity contribution in [3.05, 3.63) is 90.5 Å². The third kappa shape index (κ3) is 8.89. The Kier molecular flexibility index (Phi) is 14.7. The summed E-state index contributed by atoms with van der Waals surface area (Å²) in [5, 5.41) is 26.7. The summed E-state index contributed by atoms with van der Waals surface area (Å²) >= 11 is 6.00. The van der Waals surface area contributed by atoms with Crippen LogP contribution in [0.1, 0.15) is 76.7 Å². The molecule has 3 aromatic carbocycles. The summed E-state index contributed by atoms with van der Waals surface area (Å²) in [5.74, 6) is 0.498. The van der Waals surface area contributed by atoms with Crippen LogP contribution in [0.3, 0.4) is 0 Å². The van der Waals surface area contributed by atoms with Gasteiger partial charge in [0.2, 0.25) is 5.79 Å². The van der Waals surface area contributed by atoms with Crippen LogP contribution in [0.25, 0.3) is 10.8 Å². The van der Waals surface area contributed by atoms with E-state index in [9.17, 15) is 15.0 Å². The number of amides is 1. The number of unbranched alkanes of at least 4 members (excludes halogenated alkanes) is 2. The Morgan fingerprint density at radius 2 is 1.77 bits per heavy atom. The first-order chi connectivity index (χ1) is 27.4. The van der Waals surface area contributed by atoms with E-state index in [1.807, 2.05) is 50.2 Å². The molecule has 1 fully saturated rings. The summed E-state index contributed by atoms with van der Waals surface area (Å²) in [5.41, 5.74) is 2.71. The Hall–Kier alpha value is -4.09. The lowest BCUT2D eigenvalue weighted by Gasteiger charge is -2.59. The number of hydrogen-bond donors (Lipinski definition) is 2. The van der Waals surface area contributed by atoms with Gasteiger partial charge < -0.3 is 34.0 Å². The maximum atomic E-state index is 14.0. The van der Waals surface area contributed by atoms with Crippen LogP contribution in [-0.2, 0) is 14.3 Å². The summed E-state index contributed by atoms with van der Waals surface area (Å²) in [7, 11) is 0. The average molecular weight is 789 g/mol. The lowest BCUT2D eigenvalue weighted by Crippen LogP contribution is -2.70. The van der Waals surface area contributed by atoms with E-state index < -0.39 is 23.8 Å². The molecule has 0 saturated heterocycles. The van der Waals surface area contributed by atoms with Crippen LogP contribution in [0.4, 0.5) is 4.79 Å². The molecule has 1 amide bonds. The summed E-state index contributed by atoms with van der Waals surface area (Å²) in [6.45, 7) is 9.17. The quantitative estimate of drug-likeness (QED) is 0.0503. The van der Waals surface area contributed by atoms with Crippen molar-refractivity contribution in [2.45, 2.75) is 83.0 Å². The highest BCUT2D eigenvalue weighted by Gasteiger charge is 2.65. The number of halogens is 1. The maximum Gasteiger partial charge on any atom is 0.410 e. The van der Waals surface area contributed by atoms with Gasteiger partial charge in [0, 0.05) is 37.7 Å². The molecule has 2 aliphatic carbocycles. The molecule has 302 valence electrons. The van der Waals surface area contributed by atoms with Gasteiger partial charge in [0.25, 0.3) is 0 Å². The molecular weight excluding hydrogens is 732 g/mol. The second-order valence-corrected chi connectivity index (χ2v) is 15.2. The predicted molar refractivity (Wildman–Crippen MR) is 220 cm³/mol. The lowest BCUT2D eigenvalue weighted by atomic mass is 9.55. The van der Waals surface area contributed by atoms with E-state index in [2.05, 4.69) is 36.9 Å². The van der Waals surface area contributed by atoms with Crippen LogP contribution in [-0.4, -0.2) is 84.2 Å². The molecule has 1 heterocycles. The molecule has 11 heteroatoms. The zero-order valence-electron chi connectivity index (χ0n) is 32.7. The molecule has 56 heavy (non-hydrogen) atoms. The fourth-order valence-corrected chi connectivity index (χ4v) is 9.12. The standard InChI is InChI=1S/C45H57ClN2O8/c1-4-22-48(44(51)52-26-21-46)41-30-39(47-54-6-3)37-28-33(15-9-11-23-49)36(16-10-12-24-50)42-38-29-35(55-34-18-17-31-13-7-8-14-32(31)27-34)19-20-40(38)56-45(41,43(37)42)53-25-5-2/h5,7-8,13-14,17-20,27-29,33,36,41-43,49-50H,2,4,6,9-12,15-16,21-26,30H2,1,3H3. The Bertz CT molecular complexity index is 1850. The van der Waals surface area contributed by atoms with Crippen LogP contribution in [0.5, 0.6) is 17.2 Å². The maximum absolute atomic E-state index is 14.0. The van der Waals surface area contributed by atoms with E-state index in [-0.39, 0.29) is 50.1 Å². The van der Waals surface area contributed by atoms with Gasteiger partial charge in [-0.3, -0.25) is 4.90 Å². The monoisotopic (exact) mass is 788 g/mol. The van der Waals surface area contributed by atoms with Crippen molar-refractivity contribution < 1.29 is 38.8 Å². The zero-order valence-corrected chi connectivity index (χ0v) is 33.5. The number of aliphatic hydroxyl groups is 2. The second kappa shape index (κ2) is 19.9. The molecule has 3 aromatic rings. The third-order valence-corrected chi connectivity index (χ3v) is 11.4. The number of ether oxygens (including phenoxy) is 4. The minimum atomic E-state index is -1.36. The van der Waals surface area contributed by atoms with E-state index in [0.29, 0.717) is 50.3 Å². The number of aliphatic hydroxyl groups excluding tert-OH is 2. The SMILES string of the molecule is C=CCOC12Oc3ccc(Oc4ccc5ccccc5c4)cc3C3C(CCCCO)C(CCCCO)C=C(C(=NOCC)CC1N(CCC)C(=O)OCCCl)C32. The van der Waals surface area contributed by atoms with Crippen LogP contribution < -0.4 is 9.47 Å². The average Bonchev–Trinajstić information content (AvgIpc) is 3.21. The normalized spacial score (nSPS) is 24.4. The first-order valence-corrected chi connectivity index (χ1v) is 20.8. The van der Waals surface area contributed by atoms with Crippen molar-refractivity contribution in [2.75, 3.05) is 45.5 Å². The molecule has 3 aliphatic rings. The van der Waals surface area contributed by atoms with Crippen molar-refractivity contribution in [2.24, 2.45) is 22.9 Å². The molecule has 0 spiro atoms. The molecule has 10 nitrogen and oxygen atoms in total. The summed E-state index contributed by atoms with van der Waals surface area (Å²) < 4.78 is 26.5. The number of hydrogen-bond acceptors (Lipinski definition) is 9. The van der Waals surface area contributed by atoms with Crippen LogP contribution in [0.15, 0.2) is 90.1 Å². The van der Waals surface area contributed by atoms with Gasteiger partial charge in [-0.05, 0) is 97.5 Å². The molecule has 0 radical (unpaired) electrons. The van der Waals surface area contributed by atoms with Gasteiger partial charge in [-0.2, -0.15) is 0 Å². The van der Waals surface area contributed by atoms with E-state index in [4.69, 9.17) is 40.5 Å². The largest absolute Gasteiger partial charge is 0.459 e. The van der Waals surface area contributed by atoms with Crippen molar-refractivity contribution in [3.8, 4) is 17.2 Å². The first kappa shape index (κ1) is 41.5. The van der Waals surface area contributed by atoms with Crippen molar-refractivity contribution in [3.63, 3.8) is 0 Å². The van der Waals surface area contributed by atoms with E-state index in [0.717, 1.165) is 59.1 Å². The minimum absolute atomic E-state index is 0.0665. The van der Waals surface area contributed by atoms with Gasteiger partial charge >= 0.3 is 6.09 Å². The van der Waals surface area contributed by atoms with Gasteiger partial charge in [-0.1, -0.05) is 67.4 Å². The molecule has 0 aromatic heterocycles. The molecule has 6 unspecified atom stereocenters. The van der Waals surface area contributed by atoms with Gasteiger partial charge in [0.05, 0.1) is 24.1 Å². The molecule has 0 bridgehead atoms. The molecule has 2 N–H and O–H groups in total. The predicted octanol–water partition coefficient (Wildman–Crippen LogP) is 9.37. The number of fused-ring (bicyclic) bond motifs is 3. The number of allylic oxidation sites excluding steroid dienone is 1. The minimum Gasteiger partial charge on any atom is -0.459 e. The Balaban J connectivity index is 1.56. The highest BCUT2D eigenvalue weighted by Crippen LogP contribution is 2.62. The van der Waals surface area contributed by atoms with Crippen LogP contribution >= 0.6 is 11.6 Å². The Labute approximate surface area is 336 Å².